The number of nitrogens with zero attached hydrogens (tertiary/aromatic N) is 5. The van der Waals surface area contributed by atoms with Gasteiger partial charge in [0, 0.05) is 54.6 Å². The van der Waals surface area contributed by atoms with E-state index in [1.807, 2.05) is 33.8 Å². The molecule has 7 heteroatoms. The second-order valence-electron chi connectivity index (χ2n) is 8.85. The molecule has 2 atom stereocenters. The van der Waals surface area contributed by atoms with Gasteiger partial charge >= 0.3 is 0 Å². The number of likely N-dealkylation sites (tertiary alicyclic amines) is 1. The van der Waals surface area contributed by atoms with Crippen molar-refractivity contribution < 1.29 is 4.79 Å². The Morgan fingerprint density at radius 2 is 2.09 bits per heavy atom. The Hall–Kier alpha value is -3.53. The molecule has 2 N–H and O–H groups in total. The van der Waals surface area contributed by atoms with E-state index in [2.05, 4.69) is 17.7 Å². The Kier molecular flexibility index (Phi) is 5.22. The third-order valence-corrected chi connectivity index (χ3v) is 6.59. The minimum atomic E-state index is -0.0688. The maximum atomic E-state index is 13.3. The van der Waals surface area contributed by atoms with E-state index in [0.29, 0.717) is 17.8 Å². The molecular weight excluding hydrogens is 400 g/mol. The topological polar surface area (TPSA) is 79.8 Å². The van der Waals surface area contributed by atoms with E-state index in [1.165, 1.54) is 0 Å². The van der Waals surface area contributed by atoms with E-state index in [0.717, 1.165) is 61.5 Å². The van der Waals surface area contributed by atoms with E-state index in [4.69, 9.17) is 22.2 Å². The Balaban J connectivity index is 1.46. The highest BCUT2D eigenvalue weighted by molar-refractivity contribution is 5.95. The number of rotatable bonds is 3. The molecule has 32 heavy (non-hydrogen) atoms. The molecule has 0 unspecified atom stereocenters. The van der Waals surface area contributed by atoms with Crippen LogP contribution in [0.4, 0.5) is 11.5 Å². The van der Waals surface area contributed by atoms with Gasteiger partial charge < -0.3 is 15.5 Å². The molecule has 3 aromatic rings. The number of carbonyl (C=O) groups excluding carboxylic acids is 1. The van der Waals surface area contributed by atoms with Crippen LogP contribution in [0.1, 0.15) is 53.3 Å². The number of fused-ring (bicyclic) bond motifs is 1. The molecule has 1 aromatic carbocycles. The Labute approximate surface area is 188 Å². The molecule has 164 valence electrons. The van der Waals surface area contributed by atoms with Crippen molar-refractivity contribution in [1.82, 2.24) is 19.5 Å². The van der Waals surface area contributed by atoms with Gasteiger partial charge in [-0.05, 0) is 50.8 Å². The van der Waals surface area contributed by atoms with Gasteiger partial charge in [-0.3, -0.25) is 4.79 Å². The van der Waals surface area contributed by atoms with Crippen molar-refractivity contribution in [1.29, 1.82) is 0 Å². The Morgan fingerprint density at radius 3 is 2.88 bits per heavy atom. The molecule has 0 saturated carbocycles. The zero-order valence-corrected chi connectivity index (χ0v) is 18.4. The monoisotopic (exact) mass is 428 g/mol. The lowest BCUT2D eigenvalue weighted by Crippen LogP contribution is -2.38. The summed E-state index contributed by atoms with van der Waals surface area (Å²) in [7, 11) is 0. The van der Waals surface area contributed by atoms with E-state index in [-0.39, 0.29) is 17.9 Å². The quantitative estimate of drug-likeness (QED) is 0.511. The van der Waals surface area contributed by atoms with Crippen molar-refractivity contribution in [2.24, 2.45) is 5.92 Å². The zero-order valence-electron chi connectivity index (χ0n) is 18.4. The van der Waals surface area contributed by atoms with E-state index < -0.39 is 0 Å². The normalized spacial score (nSPS) is 21.1. The molecule has 2 aliphatic heterocycles. The molecule has 2 aliphatic rings. The minimum absolute atomic E-state index is 0.00118. The molecule has 2 saturated heterocycles. The summed E-state index contributed by atoms with van der Waals surface area (Å²) in [5, 5.41) is 4.82. The summed E-state index contributed by atoms with van der Waals surface area (Å²) >= 11 is 0. The van der Waals surface area contributed by atoms with Gasteiger partial charge in [-0.15, -0.1) is 12.3 Å². The van der Waals surface area contributed by atoms with Crippen molar-refractivity contribution in [2.45, 2.75) is 38.6 Å². The molecule has 7 nitrogen and oxygen atoms in total. The largest absolute Gasteiger partial charge is 0.399 e. The van der Waals surface area contributed by atoms with Gasteiger partial charge in [0.25, 0.3) is 5.91 Å². The predicted octanol–water partition coefficient (Wildman–Crippen LogP) is 3.45. The number of hydrogen-bond acceptors (Lipinski definition) is 5. The van der Waals surface area contributed by atoms with Crippen LogP contribution in [0.2, 0.25) is 0 Å². The first kappa shape index (κ1) is 20.4. The lowest BCUT2D eigenvalue weighted by molar-refractivity contribution is 0.0606. The van der Waals surface area contributed by atoms with E-state index >= 15 is 0 Å². The number of hydrogen-bond donors (Lipinski definition) is 1. The van der Waals surface area contributed by atoms with Crippen LogP contribution >= 0.6 is 0 Å². The minimum Gasteiger partial charge on any atom is -0.399 e. The Bertz CT molecular complexity index is 1210. The summed E-state index contributed by atoms with van der Waals surface area (Å²) < 4.78 is 1.83. The number of terminal acetylenes is 1. The fourth-order valence-electron chi connectivity index (χ4n) is 4.91. The fraction of sp³-hybridized carbons (Fsp3) is 0.400. The van der Waals surface area contributed by atoms with Crippen LogP contribution in [-0.4, -0.2) is 45.0 Å². The SMILES string of the molecule is C#C[C@H]1CCN(c2nc3cc([C@@H]4CCCCN4C(=O)c4cccc(N)c4)nn3cc2C)C1. The summed E-state index contributed by atoms with van der Waals surface area (Å²) in [6.45, 7) is 4.53. The first-order chi connectivity index (χ1) is 15.5. The van der Waals surface area contributed by atoms with Crippen molar-refractivity contribution in [3.63, 3.8) is 0 Å². The summed E-state index contributed by atoms with van der Waals surface area (Å²) in [4.78, 5) is 22.4. The smallest absolute Gasteiger partial charge is 0.254 e. The average Bonchev–Trinajstić information content (AvgIpc) is 3.44. The van der Waals surface area contributed by atoms with Crippen LogP contribution in [0, 0.1) is 25.2 Å². The van der Waals surface area contributed by atoms with Crippen molar-refractivity contribution in [3.8, 4) is 12.3 Å². The Morgan fingerprint density at radius 1 is 1.22 bits per heavy atom. The summed E-state index contributed by atoms with van der Waals surface area (Å²) in [5.41, 5.74) is 9.88. The van der Waals surface area contributed by atoms with Crippen molar-refractivity contribution in [3.05, 3.63) is 53.3 Å². The van der Waals surface area contributed by atoms with Crippen molar-refractivity contribution >= 4 is 23.1 Å². The number of carbonyl (C=O) groups is 1. The number of nitrogen functional groups attached to an aromatic ring is 1. The van der Waals surface area contributed by atoms with Crippen LogP contribution in [-0.2, 0) is 0 Å². The lowest BCUT2D eigenvalue weighted by Gasteiger charge is -2.34. The van der Waals surface area contributed by atoms with Crippen LogP contribution in [0.25, 0.3) is 5.65 Å². The highest BCUT2D eigenvalue weighted by Crippen LogP contribution is 2.33. The van der Waals surface area contributed by atoms with Gasteiger partial charge in [0.15, 0.2) is 5.65 Å². The number of nitrogens with two attached hydrogens (primary N) is 1. The molecule has 2 aromatic heterocycles. The second-order valence-corrected chi connectivity index (χ2v) is 8.85. The third kappa shape index (κ3) is 3.66. The number of piperidine rings is 1. The van der Waals surface area contributed by atoms with Gasteiger partial charge in [-0.25, -0.2) is 9.50 Å². The second kappa shape index (κ2) is 8.19. The standard InChI is InChI=1S/C25H28N6O/c1-3-18-10-12-29(16-18)24-17(2)15-31-23(27-24)14-21(28-31)22-9-4-5-11-30(22)25(32)19-7-6-8-20(26)13-19/h1,6-8,13-15,18,22H,4-5,9-12,16,26H2,2H3/t18-,22-/m0/s1. The molecule has 0 aliphatic carbocycles. The first-order valence-corrected chi connectivity index (χ1v) is 11.3. The molecule has 5 rings (SSSR count). The van der Waals surface area contributed by atoms with E-state index in [9.17, 15) is 4.79 Å². The number of aromatic nitrogens is 3. The molecule has 0 bridgehead atoms. The maximum Gasteiger partial charge on any atom is 0.254 e. The third-order valence-electron chi connectivity index (χ3n) is 6.59. The molecule has 0 spiro atoms. The van der Waals surface area contributed by atoms with Crippen LogP contribution in [0.5, 0.6) is 0 Å². The number of aryl methyl sites for hydroxylation is 1. The molecule has 2 fully saturated rings. The van der Waals surface area contributed by atoms with Gasteiger partial charge in [0.2, 0.25) is 0 Å². The summed E-state index contributed by atoms with van der Waals surface area (Å²) in [6, 6.07) is 9.14. The van der Waals surface area contributed by atoms with Crippen LogP contribution in [0.15, 0.2) is 36.5 Å². The first-order valence-electron chi connectivity index (χ1n) is 11.3. The van der Waals surface area contributed by atoms with Gasteiger partial charge in [0.1, 0.15) is 5.82 Å². The molecule has 1 amide bonds. The number of benzene rings is 1. The molecule has 0 radical (unpaired) electrons. The van der Waals surface area contributed by atoms with Crippen LogP contribution in [0.3, 0.4) is 0 Å². The maximum absolute atomic E-state index is 13.3. The predicted molar refractivity (Wildman–Crippen MR) is 125 cm³/mol. The van der Waals surface area contributed by atoms with Gasteiger partial charge in [-0.2, -0.15) is 5.10 Å². The fourth-order valence-corrected chi connectivity index (χ4v) is 4.91. The highest BCUT2D eigenvalue weighted by atomic mass is 16.2. The van der Waals surface area contributed by atoms with Crippen molar-refractivity contribution in [2.75, 3.05) is 30.3 Å². The number of anilines is 2. The average molecular weight is 429 g/mol. The molecule has 4 heterocycles. The number of amides is 1. The lowest BCUT2D eigenvalue weighted by atomic mass is 9.98. The van der Waals surface area contributed by atoms with Gasteiger partial charge in [-0.1, -0.05) is 6.07 Å². The highest BCUT2D eigenvalue weighted by Gasteiger charge is 2.31. The summed E-state index contributed by atoms with van der Waals surface area (Å²) in [6.07, 6.45) is 11.6. The summed E-state index contributed by atoms with van der Waals surface area (Å²) in [5.74, 6) is 4.12. The van der Waals surface area contributed by atoms with Crippen LogP contribution < -0.4 is 10.6 Å². The zero-order chi connectivity index (χ0) is 22.2. The van der Waals surface area contributed by atoms with E-state index in [1.54, 1.807) is 12.1 Å². The molecular formula is C25H28N6O. The van der Waals surface area contributed by atoms with Gasteiger partial charge in [0.05, 0.1) is 11.7 Å².